The van der Waals surface area contributed by atoms with Crippen molar-refractivity contribution in [2.75, 3.05) is 19.0 Å². The van der Waals surface area contributed by atoms with Gasteiger partial charge in [-0.25, -0.2) is 0 Å². The fraction of sp³-hybridized carbons (Fsp3) is 0.385. The Kier molecular flexibility index (Phi) is 4.80. The molecule has 1 N–H and O–H groups in total. The molecule has 0 radical (unpaired) electrons. The second-order valence-electron chi connectivity index (χ2n) is 4.32. The maximum atomic E-state index is 12.1. The summed E-state index contributed by atoms with van der Waals surface area (Å²) in [5, 5.41) is 7.29. The number of ether oxygens (including phenoxy) is 1. The highest BCUT2D eigenvalue weighted by Crippen LogP contribution is 2.24. The Morgan fingerprint density at radius 3 is 2.85 bits per heavy atom. The molecule has 2 aromatic heterocycles. The highest BCUT2D eigenvalue weighted by atomic mass is 35.5. The Balaban J connectivity index is 2.17. The topological polar surface area (TPSA) is 56.1 Å². The second kappa shape index (κ2) is 6.39. The van der Waals surface area contributed by atoms with Gasteiger partial charge < -0.3 is 10.1 Å². The van der Waals surface area contributed by atoms with Gasteiger partial charge in [0.2, 0.25) is 0 Å². The number of rotatable bonds is 5. The Bertz CT molecular complexity index is 621. The van der Waals surface area contributed by atoms with Gasteiger partial charge in [-0.2, -0.15) is 5.10 Å². The summed E-state index contributed by atoms with van der Waals surface area (Å²) in [6.07, 6.45) is 0. The standard InChI is InChI=1S/C13H16ClN3O2S/c1-8-12(9(2)17(16-8)6-7-19-3)15-13(18)10-4-5-11(14)20-10/h4-5H,6-7H2,1-3H3,(H,15,18). The van der Waals surface area contributed by atoms with Crippen LogP contribution in [0.5, 0.6) is 0 Å². The summed E-state index contributed by atoms with van der Waals surface area (Å²) in [7, 11) is 1.65. The first-order valence-corrected chi connectivity index (χ1v) is 7.32. The second-order valence-corrected chi connectivity index (χ2v) is 6.03. The minimum absolute atomic E-state index is 0.167. The van der Waals surface area contributed by atoms with Crippen LogP contribution in [0.2, 0.25) is 4.34 Å². The van der Waals surface area contributed by atoms with Crippen LogP contribution in [0.15, 0.2) is 12.1 Å². The van der Waals surface area contributed by atoms with Crippen molar-refractivity contribution in [3.05, 3.63) is 32.7 Å². The van der Waals surface area contributed by atoms with E-state index < -0.39 is 0 Å². The number of hydrogen-bond acceptors (Lipinski definition) is 4. The molecule has 0 aliphatic heterocycles. The molecule has 0 spiro atoms. The Morgan fingerprint density at radius 2 is 2.25 bits per heavy atom. The molecule has 0 fully saturated rings. The lowest BCUT2D eigenvalue weighted by Gasteiger charge is -2.05. The van der Waals surface area contributed by atoms with Gasteiger partial charge in [-0.15, -0.1) is 11.3 Å². The number of halogens is 1. The van der Waals surface area contributed by atoms with Crippen LogP contribution in [0.4, 0.5) is 5.69 Å². The summed E-state index contributed by atoms with van der Waals surface area (Å²) < 4.78 is 7.47. The van der Waals surface area contributed by atoms with Gasteiger partial charge in [-0.05, 0) is 26.0 Å². The Hall–Kier alpha value is -1.37. The van der Waals surface area contributed by atoms with Crippen molar-refractivity contribution in [3.8, 4) is 0 Å². The van der Waals surface area contributed by atoms with Crippen molar-refractivity contribution in [3.63, 3.8) is 0 Å². The summed E-state index contributed by atoms with van der Waals surface area (Å²) in [5.41, 5.74) is 2.45. The van der Waals surface area contributed by atoms with Crippen molar-refractivity contribution in [1.29, 1.82) is 0 Å². The number of thiophene rings is 1. The normalized spacial score (nSPS) is 10.8. The number of aryl methyl sites for hydroxylation is 1. The number of hydrogen-bond donors (Lipinski definition) is 1. The molecule has 0 aliphatic carbocycles. The number of anilines is 1. The fourth-order valence-corrected chi connectivity index (χ4v) is 2.82. The molecule has 0 atom stereocenters. The van der Waals surface area contributed by atoms with Crippen molar-refractivity contribution in [2.24, 2.45) is 0 Å². The molecule has 20 heavy (non-hydrogen) atoms. The summed E-state index contributed by atoms with van der Waals surface area (Å²) >= 11 is 7.09. The molecule has 108 valence electrons. The minimum atomic E-state index is -0.167. The van der Waals surface area contributed by atoms with Crippen molar-refractivity contribution in [1.82, 2.24) is 9.78 Å². The van der Waals surface area contributed by atoms with E-state index in [1.54, 1.807) is 19.2 Å². The zero-order valence-electron chi connectivity index (χ0n) is 11.6. The first kappa shape index (κ1) is 15.0. The molecule has 2 heterocycles. The maximum absolute atomic E-state index is 12.1. The van der Waals surface area contributed by atoms with Crippen LogP contribution in [-0.2, 0) is 11.3 Å². The van der Waals surface area contributed by atoms with Gasteiger partial charge in [0, 0.05) is 7.11 Å². The van der Waals surface area contributed by atoms with E-state index in [-0.39, 0.29) is 5.91 Å². The lowest BCUT2D eigenvalue weighted by molar-refractivity contribution is 0.103. The Morgan fingerprint density at radius 1 is 1.50 bits per heavy atom. The summed E-state index contributed by atoms with van der Waals surface area (Å²) in [6.45, 7) is 5.03. The van der Waals surface area contributed by atoms with Crippen molar-refractivity contribution >= 4 is 34.5 Å². The molecule has 1 amide bonds. The van der Waals surface area contributed by atoms with Crippen LogP contribution >= 0.6 is 22.9 Å². The summed E-state index contributed by atoms with van der Waals surface area (Å²) in [6, 6.07) is 3.42. The number of nitrogens with one attached hydrogen (secondary N) is 1. The zero-order chi connectivity index (χ0) is 14.7. The van der Waals surface area contributed by atoms with Gasteiger partial charge in [0.05, 0.1) is 39.4 Å². The molecule has 0 bridgehead atoms. The van der Waals surface area contributed by atoms with Gasteiger partial charge in [0.15, 0.2) is 0 Å². The number of carbonyl (C=O) groups is 1. The molecular formula is C13H16ClN3O2S. The average molecular weight is 314 g/mol. The van der Waals surface area contributed by atoms with E-state index in [4.69, 9.17) is 16.3 Å². The molecule has 5 nitrogen and oxygen atoms in total. The summed E-state index contributed by atoms with van der Waals surface area (Å²) in [5.74, 6) is -0.167. The Labute approximate surface area is 126 Å². The quantitative estimate of drug-likeness (QED) is 0.922. The van der Waals surface area contributed by atoms with E-state index in [9.17, 15) is 4.79 Å². The third kappa shape index (κ3) is 3.20. The molecule has 7 heteroatoms. The van der Waals surface area contributed by atoms with Crippen LogP contribution in [0.1, 0.15) is 21.1 Å². The van der Waals surface area contributed by atoms with Gasteiger partial charge in [-0.1, -0.05) is 11.6 Å². The third-order valence-electron chi connectivity index (χ3n) is 2.92. The number of methoxy groups -OCH3 is 1. The molecular weight excluding hydrogens is 298 g/mol. The minimum Gasteiger partial charge on any atom is -0.383 e. The van der Waals surface area contributed by atoms with Crippen LogP contribution in [0.25, 0.3) is 0 Å². The smallest absolute Gasteiger partial charge is 0.265 e. The largest absolute Gasteiger partial charge is 0.383 e. The van der Waals surface area contributed by atoms with Crippen LogP contribution in [0.3, 0.4) is 0 Å². The van der Waals surface area contributed by atoms with Gasteiger partial charge in [-0.3, -0.25) is 9.48 Å². The monoisotopic (exact) mass is 313 g/mol. The van der Waals surface area contributed by atoms with E-state index >= 15 is 0 Å². The fourth-order valence-electron chi connectivity index (χ4n) is 1.88. The van der Waals surface area contributed by atoms with E-state index in [1.807, 2.05) is 18.5 Å². The average Bonchev–Trinajstić information content (AvgIpc) is 2.95. The van der Waals surface area contributed by atoms with Crippen LogP contribution in [-0.4, -0.2) is 29.4 Å². The number of amides is 1. The van der Waals surface area contributed by atoms with Crippen LogP contribution < -0.4 is 5.32 Å². The predicted molar refractivity (Wildman–Crippen MR) is 80.9 cm³/mol. The van der Waals surface area contributed by atoms with Gasteiger partial charge >= 0.3 is 0 Å². The lowest BCUT2D eigenvalue weighted by atomic mass is 10.3. The maximum Gasteiger partial charge on any atom is 0.265 e. The SMILES string of the molecule is COCCn1nc(C)c(NC(=O)c2ccc(Cl)s2)c1C. The number of nitrogens with zero attached hydrogens (tertiary/aromatic N) is 2. The highest BCUT2D eigenvalue weighted by molar-refractivity contribution is 7.18. The molecule has 0 aromatic carbocycles. The van der Waals surface area contributed by atoms with Crippen molar-refractivity contribution < 1.29 is 9.53 Å². The molecule has 0 saturated heterocycles. The molecule has 2 rings (SSSR count). The first-order chi connectivity index (χ1) is 9.52. The zero-order valence-corrected chi connectivity index (χ0v) is 13.1. The third-order valence-corrected chi connectivity index (χ3v) is 4.15. The molecule has 0 aliphatic rings. The predicted octanol–water partition coefficient (Wildman–Crippen LogP) is 3.11. The highest BCUT2D eigenvalue weighted by Gasteiger charge is 2.16. The van der Waals surface area contributed by atoms with Gasteiger partial charge in [0.1, 0.15) is 0 Å². The van der Waals surface area contributed by atoms with E-state index in [0.29, 0.717) is 22.4 Å². The summed E-state index contributed by atoms with van der Waals surface area (Å²) in [4.78, 5) is 12.7. The van der Waals surface area contributed by atoms with Gasteiger partial charge in [0.25, 0.3) is 5.91 Å². The number of aromatic nitrogens is 2. The molecule has 0 saturated carbocycles. The van der Waals surface area contributed by atoms with Crippen molar-refractivity contribution in [2.45, 2.75) is 20.4 Å². The van der Waals surface area contributed by atoms with Crippen LogP contribution in [0, 0.1) is 13.8 Å². The number of carbonyl (C=O) groups excluding carboxylic acids is 1. The first-order valence-electron chi connectivity index (χ1n) is 6.12. The molecule has 2 aromatic rings. The van der Waals surface area contributed by atoms with E-state index in [0.717, 1.165) is 17.1 Å². The van der Waals surface area contributed by atoms with E-state index in [1.165, 1.54) is 11.3 Å². The lowest BCUT2D eigenvalue weighted by Crippen LogP contribution is -2.12. The van der Waals surface area contributed by atoms with E-state index in [2.05, 4.69) is 10.4 Å². The molecule has 0 unspecified atom stereocenters.